The molecule has 74 valence electrons. The second kappa shape index (κ2) is 11.8. The fraction of sp³-hybridized carbons (Fsp3) is 1.00. The predicted octanol–water partition coefficient (Wildman–Crippen LogP) is 4.74. The molecule has 0 aromatic carbocycles. The van der Waals surface area contributed by atoms with E-state index in [1.165, 1.54) is 56.7 Å². The van der Waals surface area contributed by atoms with Gasteiger partial charge >= 0.3 is 0 Å². The van der Waals surface area contributed by atoms with Crippen LogP contribution in [0.5, 0.6) is 0 Å². The number of halogens is 2. The second-order valence-corrected chi connectivity index (χ2v) is 4.38. The van der Waals surface area contributed by atoms with Crippen molar-refractivity contribution in [2.75, 3.05) is 11.2 Å². The fourth-order valence-electron chi connectivity index (χ4n) is 1.25. The van der Waals surface area contributed by atoms with Crippen LogP contribution in [0.4, 0.5) is 0 Å². The maximum atomic E-state index is 5.58. The van der Waals surface area contributed by atoms with Crippen LogP contribution in [0.1, 0.15) is 51.4 Å². The summed E-state index contributed by atoms with van der Waals surface area (Å²) in [5.41, 5.74) is 0. The largest absolute Gasteiger partial charge is 0.127 e. The molecule has 0 spiro atoms. The molecule has 2 heteroatoms. The van der Waals surface area contributed by atoms with Crippen molar-refractivity contribution in [3.8, 4) is 0 Å². The normalized spacial score (nSPS) is 10.5. The molecule has 0 aromatic rings. The van der Waals surface area contributed by atoms with E-state index in [0.717, 1.165) is 5.88 Å². The molecule has 0 aliphatic carbocycles. The van der Waals surface area contributed by atoms with Gasteiger partial charge in [-0.15, -0.1) is 11.6 Å². The van der Waals surface area contributed by atoms with Gasteiger partial charge in [0.25, 0.3) is 0 Å². The van der Waals surface area contributed by atoms with Crippen molar-refractivity contribution in [1.29, 1.82) is 0 Å². The van der Waals surface area contributed by atoms with Gasteiger partial charge in [0, 0.05) is 11.2 Å². The van der Waals surface area contributed by atoms with Crippen molar-refractivity contribution in [2.45, 2.75) is 51.4 Å². The maximum Gasteiger partial charge on any atom is 0.0223 e. The number of rotatable bonds is 9. The first-order valence-electron chi connectivity index (χ1n) is 5.03. The Morgan fingerprint density at radius 2 is 1.08 bits per heavy atom. The highest BCUT2D eigenvalue weighted by atomic mass is 79.9. The molecule has 0 radical (unpaired) electrons. The summed E-state index contributed by atoms with van der Waals surface area (Å²) in [6, 6.07) is 0. The SMILES string of the molecule is ClCCCCCCCCCCBr. The highest BCUT2D eigenvalue weighted by molar-refractivity contribution is 9.09. The van der Waals surface area contributed by atoms with Gasteiger partial charge in [-0.25, -0.2) is 0 Å². The van der Waals surface area contributed by atoms with Crippen molar-refractivity contribution in [3.63, 3.8) is 0 Å². The summed E-state index contributed by atoms with van der Waals surface area (Å²) in [6.07, 6.45) is 10.8. The molecule has 0 N–H and O–H groups in total. The standard InChI is InChI=1S/C10H20BrCl/c11-9-7-5-3-1-2-4-6-8-10-12/h1-10H2. The molecule has 0 amide bonds. The predicted molar refractivity (Wildman–Crippen MR) is 61.5 cm³/mol. The van der Waals surface area contributed by atoms with Gasteiger partial charge in [0.05, 0.1) is 0 Å². The molecular formula is C10H20BrCl. The highest BCUT2D eigenvalue weighted by Gasteiger charge is 1.90. The van der Waals surface area contributed by atoms with E-state index in [4.69, 9.17) is 11.6 Å². The minimum absolute atomic E-state index is 0.837. The summed E-state index contributed by atoms with van der Waals surface area (Å²) < 4.78 is 0. The van der Waals surface area contributed by atoms with Crippen LogP contribution in [0.3, 0.4) is 0 Å². The highest BCUT2D eigenvalue weighted by Crippen LogP contribution is 2.09. The lowest BCUT2D eigenvalue weighted by Crippen LogP contribution is -1.82. The van der Waals surface area contributed by atoms with Gasteiger partial charge < -0.3 is 0 Å². The molecule has 0 unspecified atom stereocenters. The van der Waals surface area contributed by atoms with E-state index in [-0.39, 0.29) is 0 Å². The van der Waals surface area contributed by atoms with E-state index in [1.54, 1.807) is 0 Å². The summed E-state index contributed by atoms with van der Waals surface area (Å²) in [7, 11) is 0. The van der Waals surface area contributed by atoms with Gasteiger partial charge in [0.1, 0.15) is 0 Å². The smallest absolute Gasteiger partial charge is 0.0223 e. The Labute approximate surface area is 90.2 Å². The number of alkyl halides is 2. The van der Waals surface area contributed by atoms with E-state index < -0.39 is 0 Å². The molecule has 0 rings (SSSR count). The van der Waals surface area contributed by atoms with Crippen LogP contribution in [0.2, 0.25) is 0 Å². The second-order valence-electron chi connectivity index (χ2n) is 3.21. The molecule has 0 atom stereocenters. The molecular weight excluding hydrogens is 235 g/mol. The summed E-state index contributed by atoms with van der Waals surface area (Å²) in [5.74, 6) is 0.837. The number of unbranched alkanes of at least 4 members (excludes halogenated alkanes) is 7. The summed E-state index contributed by atoms with van der Waals surface area (Å²) in [6.45, 7) is 0. The molecule has 0 bridgehead atoms. The van der Waals surface area contributed by atoms with Crippen LogP contribution in [-0.2, 0) is 0 Å². The van der Waals surface area contributed by atoms with Crippen molar-refractivity contribution >= 4 is 27.5 Å². The van der Waals surface area contributed by atoms with Crippen molar-refractivity contribution < 1.29 is 0 Å². The lowest BCUT2D eigenvalue weighted by molar-refractivity contribution is 0.587. The first-order valence-corrected chi connectivity index (χ1v) is 6.69. The zero-order chi connectivity index (χ0) is 9.07. The third-order valence-electron chi connectivity index (χ3n) is 2.02. The Kier molecular flexibility index (Phi) is 12.5. The molecule has 0 nitrogen and oxygen atoms in total. The average Bonchev–Trinajstić information content (AvgIpc) is 2.10. The zero-order valence-electron chi connectivity index (χ0n) is 7.83. The third kappa shape index (κ3) is 10.8. The maximum absolute atomic E-state index is 5.58. The molecule has 12 heavy (non-hydrogen) atoms. The van der Waals surface area contributed by atoms with Crippen LogP contribution in [0.25, 0.3) is 0 Å². The monoisotopic (exact) mass is 254 g/mol. The van der Waals surface area contributed by atoms with Gasteiger partial charge in [-0.3, -0.25) is 0 Å². The lowest BCUT2D eigenvalue weighted by atomic mass is 10.1. The molecule has 0 fully saturated rings. The van der Waals surface area contributed by atoms with Crippen LogP contribution in [0.15, 0.2) is 0 Å². The van der Waals surface area contributed by atoms with Gasteiger partial charge in [-0.1, -0.05) is 54.5 Å². The first kappa shape index (κ1) is 12.8. The van der Waals surface area contributed by atoms with Crippen LogP contribution in [-0.4, -0.2) is 11.2 Å². The van der Waals surface area contributed by atoms with Crippen LogP contribution >= 0.6 is 27.5 Å². The van der Waals surface area contributed by atoms with Gasteiger partial charge in [-0.2, -0.15) is 0 Å². The minimum Gasteiger partial charge on any atom is -0.127 e. The summed E-state index contributed by atoms with van der Waals surface area (Å²) >= 11 is 9.02. The van der Waals surface area contributed by atoms with Crippen LogP contribution < -0.4 is 0 Å². The number of hydrogen-bond donors (Lipinski definition) is 0. The van der Waals surface area contributed by atoms with Crippen LogP contribution in [0, 0.1) is 0 Å². The molecule has 0 saturated carbocycles. The van der Waals surface area contributed by atoms with E-state index in [2.05, 4.69) is 15.9 Å². The molecule has 0 aliphatic heterocycles. The number of hydrogen-bond acceptors (Lipinski definition) is 0. The zero-order valence-corrected chi connectivity index (χ0v) is 10.2. The van der Waals surface area contributed by atoms with Gasteiger partial charge in [0.2, 0.25) is 0 Å². The Morgan fingerprint density at radius 3 is 1.50 bits per heavy atom. The van der Waals surface area contributed by atoms with Crippen molar-refractivity contribution in [3.05, 3.63) is 0 Å². The van der Waals surface area contributed by atoms with Gasteiger partial charge in [0.15, 0.2) is 0 Å². The Hall–Kier alpha value is 0.770. The summed E-state index contributed by atoms with van der Waals surface area (Å²) in [4.78, 5) is 0. The van der Waals surface area contributed by atoms with E-state index in [1.807, 2.05) is 0 Å². The molecule has 0 heterocycles. The topological polar surface area (TPSA) is 0 Å². The molecule has 0 aromatic heterocycles. The summed E-state index contributed by atoms with van der Waals surface area (Å²) in [5, 5.41) is 1.17. The Balaban J connectivity index is 2.73. The fourth-order valence-corrected chi connectivity index (χ4v) is 1.84. The Morgan fingerprint density at radius 1 is 0.667 bits per heavy atom. The van der Waals surface area contributed by atoms with Crippen molar-refractivity contribution in [2.24, 2.45) is 0 Å². The lowest BCUT2D eigenvalue weighted by Gasteiger charge is -1.99. The van der Waals surface area contributed by atoms with E-state index in [9.17, 15) is 0 Å². The quantitative estimate of drug-likeness (QED) is 0.412. The average molecular weight is 256 g/mol. The Bertz CT molecular complexity index is 66.2. The minimum atomic E-state index is 0.837. The van der Waals surface area contributed by atoms with E-state index >= 15 is 0 Å². The third-order valence-corrected chi connectivity index (χ3v) is 2.85. The van der Waals surface area contributed by atoms with Gasteiger partial charge in [-0.05, 0) is 12.8 Å². The van der Waals surface area contributed by atoms with E-state index in [0.29, 0.717) is 0 Å². The van der Waals surface area contributed by atoms with Crippen molar-refractivity contribution in [1.82, 2.24) is 0 Å². The molecule has 0 saturated heterocycles. The molecule has 0 aliphatic rings. The first-order chi connectivity index (χ1) is 5.91.